The number of rotatable bonds is 3. The molecule has 0 radical (unpaired) electrons. The van der Waals surface area contributed by atoms with Gasteiger partial charge in [-0.15, -0.1) is 11.3 Å². The first kappa shape index (κ1) is 16.1. The van der Waals surface area contributed by atoms with E-state index >= 15 is 0 Å². The van der Waals surface area contributed by atoms with Crippen LogP contribution in [0.5, 0.6) is 0 Å². The normalized spacial score (nSPS) is 18.4. The van der Waals surface area contributed by atoms with Gasteiger partial charge in [0.05, 0.1) is 31.8 Å². The minimum Gasteiger partial charge on any atom is -0.465 e. The summed E-state index contributed by atoms with van der Waals surface area (Å²) in [6, 6.07) is 0.294. The summed E-state index contributed by atoms with van der Waals surface area (Å²) in [4.78, 5) is 25.0. The first-order valence-electron chi connectivity index (χ1n) is 7.77. The van der Waals surface area contributed by atoms with Gasteiger partial charge in [0.25, 0.3) is 0 Å². The summed E-state index contributed by atoms with van der Waals surface area (Å²) in [6.07, 6.45) is 0.984. The van der Waals surface area contributed by atoms with Crippen molar-refractivity contribution in [2.45, 2.75) is 33.2 Å². The smallest absolute Gasteiger partial charge is 0.348 e. The lowest BCUT2D eigenvalue weighted by Gasteiger charge is -2.36. The van der Waals surface area contributed by atoms with E-state index in [4.69, 9.17) is 14.5 Å². The molecule has 124 valence electrons. The Morgan fingerprint density at radius 1 is 1.43 bits per heavy atom. The van der Waals surface area contributed by atoms with Crippen molar-refractivity contribution in [3.63, 3.8) is 0 Å². The number of ether oxygens (including phenoxy) is 2. The third kappa shape index (κ3) is 2.79. The topological polar surface area (TPSA) is 64.5 Å². The molecule has 0 aliphatic carbocycles. The number of aryl methyl sites for hydroxylation is 2. The highest BCUT2D eigenvalue weighted by Crippen LogP contribution is 2.37. The van der Waals surface area contributed by atoms with Crippen LogP contribution in [0.4, 0.5) is 5.82 Å². The highest BCUT2D eigenvalue weighted by Gasteiger charge is 2.28. The van der Waals surface area contributed by atoms with E-state index in [2.05, 4.69) is 16.8 Å². The van der Waals surface area contributed by atoms with E-state index in [0.29, 0.717) is 30.0 Å². The summed E-state index contributed by atoms with van der Waals surface area (Å²) in [5.41, 5.74) is 0.896. The number of anilines is 1. The second kappa shape index (κ2) is 6.41. The summed E-state index contributed by atoms with van der Waals surface area (Å²) >= 11 is 1.37. The lowest BCUT2D eigenvalue weighted by Crippen LogP contribution is -2.45. The van der Waals surface area contributed by atoms with E-state index in [-0.39, 0.29) is 5.97 Å². The number of methoxy groups -OCH3 is 1. The molecule has 0 saturated carbocycles. The third-order valence-electron chi connectivity index (χ3n) is 4.22. The van der Waals surface area contributed by atoms with E-state index in [1.807, 2.05) is 13.8 Å². The molecule has 0 N–H and O–H groups in total. The molecule has 1 fully saturated rings. The fourth-order valence-corrected chi connectivity index (χ4v) is 4.13. The zero-order valence-electron chi connectivity index (χ0n) is 13.9. The van der Waals surface area contributed by atoms with Gasteiger partial charge in [-0.25, -0.2) is 14.8 Å². The number of carbonyl (C=O) groups excluding carboxylic acids is 1. The van der Waals surface area contributed by atoms with Crippen LogP contribution < -0.4 is 4.90 Å². The molecule has 2 aromatic heterocycles. The molecule has 6 nitrogen and oxygen atoms in total. The summed E-state index contributed by atoms with van der Waals surface area (Å²) in [7, 11) is 1.40. The molecule has 0 bridgehead atoms. The quantitative estimate of drug-likeness (QED) is 0.804. The first-order valence-corrected chi connectivity index (χ1v) is 8.58. The van der Waals surface area contributed by atoms with Crippen molar-refractivity contribution in [3.05, 3.63) is 16.3 Å². The Morgan fingerprint density at radius 2 is 2.22 bits per heavy atom. The Balaban J connectivity index is 2.19. The van der Waals surface area contributed by atoms with E-state index in [0.717, 1.165) is 34.6 Å². The Hall–Kier alpha value is -1.73. The molecule has 3 rings (SSSR count). The summed E-state index contributed by atoms with van der Waals surface area (Å²) in [6.45, 7) is 8.17. The van der Waals surface area contributed by atoms with E-state index in [1.165, 1.54) is 18.4 Å². The van der Waals surface area contributed by atoms with Gasteiger partial charge in [0.15, 0.2) is 0 Å². The van der Waals surface area contributed by atoms with Crippen LogP contribution >= 0.6 is 11.3 Å². The van der Waals surface area contributed by atoms with Crippen molar-refractivity contribution in [1.82, 2.24) is 9.97 Å². The van der Waals surface area contributed by atoms with E-state index in [9.17, 15) is 4.79 Å². The minimum atomic E-state index is -0.317. The van der Waals surface area contributed by atoms with E-state index < -0.39 is 0 Å². The highest BCUT2D eigenvalue weighted by molar-refractivity contribution is 7.20. The number of fused-ring (bicyclic) bond motifs is 1. The molecule has 1 unspecified atom stereocenters. The zero-order valence-corrected chi connectivity index (χ0v) is 14.7. The summed E-state index contributed by atoms with van der Waals surface area (Å²) in [5, 5.41) is 0.960. The van der Waals surface area contributed by atoms with Gasteiger partial charge in [0.2, 0.25) is 0 Å². The van der Waals surface area contributed by atoms with Crippen LogP contribution in [0, 0.1) is 13.8 Å². The molecule has 1 aliphatic heterocycles. The monoisotopic (exact) mass is 335 g/mol. The number of morpholine rings is 1. The van der Waals surface area contributed by atoms with Crippen molar-refractivity contribution >= 4 is 33.3 Å². The Morgan fingerprint density at radius 3 is 2.91 bits per heavy atom. The lowest BCUT2D eigenvalue weighted by atomic mass is 10.1. The number of thiophene rings is 1. The van der Waals surface area contributed by atoms with Crippen LogP contribution in [-0.4, -0.2) is 48.8 Å². The fraction of sp³-hybridized carbons (Fsp3) is 0.562. The van der Waals surface area contributed by atoms with Crippen LogP contribution in [0.2, 0.25) is 0 Å². The summed E-state index contributed by atoms with van der Waals surface area (Å²) in [5.74, 6) is 1.31. The Kier molecular flexibility index (Phi) is 4.50. The third-order valence-corrected chi connectivity index (χ3v) is 5.39. The average molecular weight is 335 g/mol. The van der Waals surface area contributed by atoms with Gasteiger partial charge < -0.3 is 14.4 Å². The van der Waals surface area contributed by atoms with Crippen LogP contribution in [-0.2, 0) is 9.47 Å². The number of carbonyl (C=O) groups is 1. The van der Waals surface area contributed by atoms with E-state index in [1.54, 1.807) is 0 Å². The van der Waals surface area contributed by atoms with Gasteiger partial charge in [0, 0.05) is 6.54 Å². The second-order valence-electron chi connectivity index (χ2n) is 5.65. The van der Waals surface area contributed by atoms with Crippen LogP contribution in [0.25, 0.3) is 10.2 Å². The van der Waals surface area contributed by atoms with Crippen molar-refractivity contribution in [2.75, 3.05) is 31.8 Å². The molecule has 23 heavy (non-hydrogen) atoms. The van der Waals surface area contributed by atoms with Gasteiger partial charge in [-0.05, 0) is 25.8 Å². The fourth-order valence-electron chi connectivity index (χ4n) is 2.99. The molecule has 1 aliphatic rings. The van der Waals surface area contributed by atoms with Crippen LogP contribution in [0.3, 0.4) is 0 Å². The molecule has 3 heterocycles. The van der Waals surface area contributed by atoms with Gasteiger partial charge in [-0.3, -0.25) is 0 Å². The van der Waals surface area contributed by atoms with Crippen molar-refractivity contribution in [3.8, 4) is 0 Å². The summed E-state index contributed by atoms with van der Waals surface area (Å²) < 4.78 is 10.5. The Bertz CT molecular complexity index is 744. The van der Waals surface area contributed by atoms with Crippen molar-refractivity contribution < 1.29 is 14.3 Å². The maximum absolute atomic E-state index is 12.0. The van der Waals surface area contributed by atoms with Gasteiger partial charge >= 0.3 is 5.97 Å². The predicted octanol–water partition coefficient (Wildman–Crippen LogP) is 2.71. The largest absolute Gasteiger partial charge is 0.465 e. The SMILES string of the molecule is CCC1COCCN1c1nc(C)nc2sc(C(=O)OC)c(C)c12. The predicted molar refractivity (Wildman–Crippen MR) is 90.5 cm³/mol. The number of esters is 1. The maximum atomic E-state index is 12.0. The molecular weight excluding hydrogens is 314 g/mol. The molecule has 0 amide bonds. The highest BCUT2D eigenvalue weighted by atomic mass is 32.1. The van der Waals surface area contributed by atoms with Crippen molar-refractivity contribution in [2.24, 2.45) is 0 Å². The number of hydrogen-bond acceptors (Lipinski definition) is 7. The van der Waals surface area contributed by atoms with Crippen molar-refractivity contribution in [1.29, 1.82) is 0 Å². The second-order valence-corrected chi connectivity index (χ2v) is 6.65. The molecule has 2 aromatic rings. The average Bonchev–Trinajstić information content (AvgIpc) is 2.90. The van der Waals surface area contributed by atoms with Gasteiger partial charge in [-0.2, -0.15) is 0 Å². The number of hydrogen-bond donors (Lipinski definition) is 0. The first-order chi connectivity index (χ1) is 11.1. The minimum absolute atomic E-state index is 0.294. The standard InChI is InChI=1S/C16H21N3O3S/c1-5-11-8-22-7-6-19(11)14-12-9(2)13(16(20)21-4)23-15(12)18-10(3)17-14/h11H,5-8H2,1-4H3. The lowest BCUT2D eigenvalue weighted by molar-refractivity contribution is 0.0605. The van der Waals surface area contributed by atoms with Crippen LogP contribution in [0.15, 0.2) is 0 Å². The molecule has 0 aromatic carbocycles. The molecular formula is C16H21N3O3S. The number of nitrogens with zero attached hydrogens (tertiary/aromatic N) is 3. The molecule has 1 atom stereocenters. The molecule has 0 spiro atoms. The van der Waals surface area contributed by atoms with Gasteiger partial charge in [0.1, 0.15) is 21.3 Å². The number of aromatic nitrogens is 2. The molecule has 1 saturated heterocycles. The zero-order chi connectivity index (χ0) is 16.6. The molecule has 7 heteroatoms. The van der Waals surface area contributed by atoms with Gasteiger partial charge in [-0.1, -0.05) is 6.92 Å². The Labute approximate surface area is 139 Å². The maximum Gasteiger partial charge on any atom is 0.348 e. The van der Waals surface area contributed by atoms with Crippen LogP contribution in [0.1, 0.15) is 34.4 Å².